The summed E-state index contributed by atoms with van der Waals surface area (Å²) in [4.78, 5) is 30.5. The number of sulfonamides is 1. The molecule has 36 heavy (non-hydrogen) atoms. The number of carbonyl (C=O) groups excluding carboxylic acids is 2. The van der Waals surface area contributed by atoms with Crippen molar-refractivity contribution >= 4 is 33.2 Å². The first-order valence-electron chi connectivity index (χ1n) is 11.3. The maximum absolute atomic E-state index is 13.5. The van der Waals surface area contributed by atoms with Crippen molar-refractivity contribution in [1.82, 2.24) is 24.5 Å². The zero-order valence-electron chi connectivity index (χ0n) is 20.4. The number of benzene rings is 1. The summed E-state index contributed by atoms with van der Waals surface area (Å²) in [5, 5.41) is 9.16. The predicted molar refractivity (Wildman–Crippen MR) is 134 cm³/mol. The minimum absolute atomic E-state index is 0.0339. The van der Waals surface area contributed by atoms with Crippen molar-refractivity contribution in [2.75, 3.05) is 13.6 Å². The highest BCUT2D eigenvalue weighted by Crippen LogP contribution is 2.31. The molecule has 3 aromatic rings. The molecule has 12 heteroatoms. The number of nitrogens with one attached hydrogen (secondary N) is 2. The smallest absolute Gasteiger partial charge is 0.272 e. The van der Waals surface area contributed by atoms with Gasteiger partial charge in [-0.2, -0.15) is 15.6 Å². The van der Waals surface area contributed by atoms with Crippen LogP contribution in [-0.4, -0.2) is 53.7 Å². The number of fused-ring (bicyclic) bond motifs is 1. The number of thiophene rings is 1. The van der Waals surface area contributed by atoms with Gasteiger partial charge < -0.3 is 15.2 Å². The van der Waals surface area contributed by atoms with Gasteiger partial charge in [-0.15, -0.1) is 0 Å². The number of aromatic nitrogens is 2. The zero-order valence-corrected chi connectivity index (χ0v) is 22.0. The summed E-state index contributed by atoms with van der Waals surface area (Å²) in [5.74, 6) is -0.885. The van der Waals surface area contributed by atoms with Crippen LogP contribution in [0.5, 0.6) is 0 Å². The molecule has 0 bridgehead atoms. The monoisotopic (exact) mass is 533 g/mol. The molecule has 0 unspecified atom stereocenters. The molecule has 192 valence electrons. The lowest BCUT2D eigenvalue weighted by atomic mass is 9.86. The van der Waals surface area contributed by atoms with Gasteiger partial charge in [0.15, 0.2) is 5.69 Å². The Hall–Kier alpha value is -3.09. The molecule has 0 saturated heterocycles. The third-order valence-corrected chi connectivity index (χ3v) is 8.61. The number of likely N-dealkylation sites (N-methyl/N-ethyl adjacent to an activating group) is 1. The first-order chi connectivity index (χ1) is 16.9. The number of imidazole rings is 1. The number of rotatable bonds is 6. The second-order valence-corrected chi connectivity index (χ2v) is 12.3. The molecule has 1 aliphatic rings. The van der Waals surface area contributed by atoms with Crippen LogP contribution in [0.4, 0.5) is 4.39 Å². The maximum Gasteiger partial charge on any atom is 0.272 e. The Morgan fingerprint density at radius 3 is 2.42 bits per heavy atom. The molecular weight excluding hydrogens is 505 g/mol. The topological polar surface area (TPSA) is 113 Å². The van der Waals surface area contributed by atoms with E-state index in [9.17, 15) is 22.4 Å². The summed E-state index contributed by atoms with van der Waals surface area (Å²) < 4.78 is 43.0. The van der Waals surface area contributed by atoms with E-state index >= 15 is 0 Å². The van der Waals surface area contributed by atoms with Gasteiger partial charge in [-0.3, -0.25) is 9.59 Å². The lowest BCUT2D eigenvalue weighted by Crippen LogP contribution is -2.53. The zero-order chi connectivity index (χ0) is 26.3. The van der Waals surface area contributed by atoms with E-state index in [1.54, 1.807) is 0 Å². The third kappa shape index (κ3) is 4.93. The molecule has 0 fully saturated rings. The van der Waals surface area contributed by atoms with Gasteiger partial charge >= 0.3 is 0 Å². The number of amides is 2. The predicted octanol–water partition coefficient (Wildman–Crippen LogP) is 2.85. The summed E-state index contributed by atoms with van der Waals surface area (Å²) in [5.41, 5.74) is 0.723. The van der Waals surface area contributed by atoms with Crippen molar-refractivity contribution in [1.29, 1.82) is 0 Å². The molecule has 1 aliphatic heterocycles. The van der Waals surface area contributed by atoms with Crippen molar-refractivity contribution < 1.29 is 22.4 Å². The molecule has 1 atom stereocenters. The van der Waals surface area contributed by atoms with Crippen LogP contribution in [0.3, 0.4) is 0 Å². The van der Waals surface area contributed by atoms with Crippen LogP contribution in [0.2, 0.25) is 0 Å². The van der Waals surface area contributed by atoms with E-state index in [-0.39, 0.29) is 36.1 Å². The Bertz CT molecular complexity index is 1380. The van der Waals surface area contributed by atoms with Gasteiger partial charge in [0.1, 0.15) is 17.7 Å². The molecule has 0 aliphatic carbocycles. The summed E-state index contributed by atoms with van der Waals surface area (Å²) in [6.07, 6.45) is 0. The minimum Gasteiger partial charge on any atom is -0.357 e. The first kappa shape index (κ1) is 26.0. The van der Waals surface area contributed by atoms with Crippen molar-refractivity contribution in [2.45, 2.75) is 44.8 Å². The standard InChI is InChI=1S/C24H28FN5O4S2/c1-24(2,3)20(23(32)26-4)28-22(31)19-18-13-29(36(33,34)17-7-5-16(25)6-8-17)10-11-30(18)21(27-19)15-9-12-35-14-15/h5-9,12,14,20H,10-11,13H2,1-4H3,(H,26,32)(H,28,31)/t20-/m1/s1. The van der Waals surface area contributed by atoms with Crippen LogP contribution in [-0.2, 0) is 27.9 Å². The number of nitrogens with zero attached hydrogens (tertiary/aromatic N) is 3. The first-order valence-corrected chi connectivity index (χ1v) is 13.7. The molecule has 0 saturated carbocycles. The molecule has 2 N–H and O–H groups in total. The highest BCUT2D eigenvalue weighted by Gasteiger charge is 2.37. The van der Waals surface area contributed by atoms with Gasteiger partial charge in [0, 0.05) is 31.1 Å². The van der Waals surface area contributed by atoms with Crippen molar-refractivity contribution in [3.63, 3.8) is 0 Å². The van der Waals surface area contributed by atoms with E-state index in [1.807, 2.05) is 42.2 Å². The number of hydrogen-bond acceptors (Lipinski definition) is 6. The highest BCUT2D eigenvalue weighted by atomic mass is 32.2. The van der Waals surface area contributed by atoms with E-state index < -0.39 is 33.2 Å². The fourth-order valence-electron chi connectivity index (χ4n) is 4.12. The number of carbonyl (C=O) groups is 2. The van der Waals surface area contributed by atoms with Gasteiger partial charge in [-0.25, -0.2) is 17.8 Å². The molecule has 2 amide bonds. The largest absolute Gasteiger partial charge is 0.357 e. The molecule has 3 heterocycles. The van der Waals surface area contributed by atoms with Crippen molar-refractivity contribution in [2.24, 2.45) is 5.41 Å². The summed E-state index contributed by atoms with van der Waals surface area (Å²) in [6, 6.07) is 5.68. The van der Waals surface area contributed by atoms with E-state index in [0.717, 1.165) is 17.7 Å². The molecule has 0 radical (unpaired) electrons. The molecule has 0 spiro atoms. The van der Waals surface area contributed by atoms with Gasteiger partial charge in [0.2, 0.25) is 15.9 Å². The van der Waals surface area contributed by atoms with E-state index in [1.165, 1.54) is 34.8 Å². The van der Waals surface area contributed by atoms with Crippen LogP contribution in [0, 0.1) is 11.2 Å². The fraction of sp³-hybridized carbons (Fsp3) is 0.375. The van der Waals surface area contributed by atoms with E-state index in [0.29, 0.717) is 11.5 Å². The summed E-state index contributed by atoms with van der Waals surface area (Å²) in [7, 11) is -2.44. The quantitative estimate of drug-likeness (QED) is 0.506. The second kappa shape index (κ2) is 9.75. The summed E-state index contributed by atoms with van der Waals surface area (Å²) >= 11 is 1.48. The maximum atomic E-state index is 13.5. The van der Waals surface area contributed by atoms with E-state index in [2.05, 4.69) is 15.6 Å². The molecule has 9 nitrogen and oxygen atoms in total. The van der Waals surface area contributed by atoms with Crippen LogP contribution >= 0.6 is 11.3 Å². The molecular formula is C24H28FN5O4S2. The van der Waals surface area contributed by atoms with Gasteiger partial charge in [-0.1, -0.05) is 20.8 Å². The second-order valence-electron chi connectivity index (χ2n) is 9.57. The van der Waals surface area contributed by atoms with Crippen LogP contribution in [0.25, 0.3) is 11.4 Å². The van der Waals surface area contributed by atoms with Crippen molar-refractivity contribution in [3.8, 4) is 11.4 Å². The third-order valence-electron chi connectivity index (χ3n) is 6.07. The van der Waals surface area contributed by atoms with Crippen LogP contribution in [0.15, 0.2) is 46.0 Å². The van der Waals surface area contributed by atoms with Gasteiger partial charge in [-0.05, 0) is 41.1 Å². The Morgan fingerprint density at radius 2 is 1.83 bits per heavy atom. The Balaban J connectivity index is 1.74. The molecule has 1 aromatic carbocycles. The normalized spacial score (nSPS) is 15.2. The lowest BCUT2D eigenvalue weighted by molar-refractivity contribution is -0.124. The average Bonchev–Trinajstić information content (AvgIpc) is 3.49. The Kier molecular flexibility index (Phi) is 7.04. The fourth-order valence-corrected chi connectivity index (χ4v) is 6.15. The number of halogens is 1. The Labute approximate surface area is 213 Å². The van der Waals surface area contributed by atoms with Gasteiger partial charge in [0.25, 0.3) is 5.91 Å². The number of hydrogen-bond donors (Lipinski definition) is 2. The van der Waals surface area contributed by atoms with Crippen LogP contribution in [0.1, 0.15) is 37.0 Å². The molecule has 4 rings (SSSR count). The highest BCUT2D eigenvalue weighted by molar-refractivity contribution is 7.89. The SMILES string of the molecule is CNC(=O)[C@@H](NC(=O)c1nc(-c2ccsc2)n2c1CN(S(=O)(=O)c1ccc(F)cc1)CC2)C(C)(C)C. The minimum atomic E-state index is -3.94. The molecule has 2 aromatic heterocycles. The Morgan fingerprint density at radius 1 is 1.14 bits per heavy atom. The van der Waals surface area contributed by atoms with Crippen molar-refractivity contribution in [3.05, 3.63) is 58.3 Å². The van der Waals surface area contributed by atoms with E-state index in [4.69, 9.17) is 0 Å². The van der Waals surface area contributed by atoms with Crippen LogP contribution < -0.4 is 10.6 Å². The van der Waals surface area contributed by atoms with Gasteiger partial charge in [0.05, 0.1) is 17.1 Å². The summed E-state index contributed by atoms with van der Waals surface area (Å²) in [6.45, 7) is 5.85. The average molecular weight is 534 g/mol. The lowest BCUT2D eigenvalue weighted by Gasteiger charge is -2.30.